The predicted octanol–water partition coefficient (Wildman–Crippen LogP) is 6.75. The number of Topliss-reactive ketones (excluding diaryl/α,β-unsaturated/α-hetero) is 1. The van der Waals surface area contributed by atoms with Gasteiger partial charge in [0.15, 0.2) is 0 Å². The van der Waals surface area contributed by atoms with Gasteiger partial charge in [-0.1, -0.05) is 32.9 Å². The molecule has 0 aromatic carbocycles. The number of carbonyl (C=O) groups is 2. The molecule has 0 spiro atoms. The van der Waals surface area contributed by atoms with Crippen molar-refractivity contribution in [1.82, 2.24) is 0 Å². The van der Waals surface area contributed by atoms with Crippen molar-refractivity contribution in [3.63, 3.8) is 0 Å². The normalized spacial score (nSPS) is 52.0. The molecule has 5 aliphatic rings. The van der Waals surface area contributed by atoms with E-state index in [4.69, 9.17) is 4.74 Å². The molecule has 4 nitrogen and oxygen atoms in total. The molecule has 0 bridgehead atoms. The van der Waals surface area contributed by atoms with Gasteiger partial charge in [0, 0.05) is 20.0 Å². The minimum absolute atomic E-state index is 0.0813. The van der Waals surface area contributed by atoms with Gasteiger partial charge in [-0.05, 0) is 123 Å². The van der Waals surface area contributed by atoms with Crippen LogP contribution in [0.5, 0.6) is 0 Å². The van der Waals surface area contributed by atoms with Crippen LogP contribution in [-0.2, 0) is 14.3 Å². The van der Waals surface area contributed by atoms with Crippen molar-refractivity contribution in [1.29, 1.82) is 0 Å². The standard InChI is InChI=1S/C32H50O4/c1-20(2)22-10-15-32(18-33)17-16-30(6)23(27(22)32)8-9-25-28(4)13-12-26(35)29(5,19-36-21(3)34)24(28)11-14-31(25,30)7/h22-25,27,33H,1,8-19H2,2-7H3/t22-,23+,24+,25+,27+,28-,29?,30+,31+,32+/m0/s1. The molecule has 0 aromatic heterocycles. The summed E-state index contributed by atoms with van der Waals surface area (Å²) >= 11 is 0. The summed E-state index contributed by atoms with van der Waals surface area (Å²) in [7, 11) is 0. The molecule has 0 saturated heterocycles. The van der Waals surface area contributed by atoms with E-state index in [1.807, 2.05) is 0 Å². The number of hydrogen-bond acceptors (Lipinski definition) is 4. The van der Waals surface area contributed by atoms with E-state index in [-0.39, 0.29) is 45.9 Å². The Morgan fingerprint density at radius 2 is 1.67 bits per heavy atom. The quantitative estimate of drug-likeness (QED) is 0.344. The maximum Gasteiger partial charge on any atom is 0.302 e. The van der Waals surface area contributed by atoms with Gasteiger partial charge in [-0.25, -0.2) is 0 Å². The molecule has 1 unspecified atom stereocenters. The van der Waals surface area contributed by atoms with Crippen LogP contribution in [0.15, 0.2) is 12.2 Å². The van der Waals surface area contributed by atoms with Crippen molar-refractivity contribution in [3.05, 3.63) is 12.2 Å². The summed E-state index contributed by atoms with van der Waals surface area (Å²) in [6.07, 6.45) is 10.9. The van der Waals surface area contributed by atoms with Gasteiger partial charge in [0.2, 0.25) is 0 Å². The molecular weight excluding hydrogens is 448 g/mol. The lowest BCUT2D eigenvalue weighted by atomic mass is 9.32. The average Bonchev–Trinajstić information content (AvgIpc) is 3.21. The highest BCUT2D eigenvalue weighted by molar-refractivity contribution is 5.86. The van der Waals surface area contributed by atoms with Gasteiger partial charge in [-0.3, -0.25) is 9.59 Å². The Hall–Kier alpha value is -1.16. The Bertz CT molecular complexity index is 956. The first kappa shape index (κ1) is 26.4. The van der Waals surface area contributed by atoms with Gasteiger partial charge in [0.25, 0.3) is 0 Å². The number of fused-ring (bicyclic) bond motifs is 7. The summed E-state index contributed by atoms with van der Waals surface area (Å²) in [6, 6.07) is 0. The van der Waals surface area contributed by atoms with E-state index in [0.29, 0.717) is 36.7 Å². The molecule has 5 aliphatic carbocycles. The number of esters is 1. The molecule has 0 radical (unpaired) electrons. The molecule has 0 heterocycles. The molecule has 0 aliphatic heterocycles. The Balaban J connectivity index is 1.52. The maximum absolute atomic E-state index is 13.3. The molecule has 5 rings (SSSR count). The number of aliphatic hydroxyl groups excluding tert-OH is 1. The van der Waals surface area contributed by atoms with E-state index in [1.54, 1.807) is 0 Å². The Morgan fingerprint density at radius 1 is 0.944 bits per heavy atom. The highest BCUT2D eigenvalue weighted by atomic mass is 16.5. The summed E-state index contributed by atoms with van der Waals surface area (Å²) in [5.74, 6) is 2.54. The fraction of sp³-hybridized carbons (Fsp3) is 0.875. The third-order valence-electron chi connectivity index (χ3n) is 13.7. The highest BCUT2D eigenvalue weighted by Crippen LogP contribution is 2.77. The molecule has 0 amide bonds. The van der Waals surface area contributed by atoms with Gasteiger partial charge in [-0.15, -0.1) is 0 Å². The third-order valence-corrected chi connectivity index (χ3v) is 13.7. The lowest BCUT2D eigenvalue weighted by Crippen LogP contribution is -2.67. The van der Waals surface area contributed by atoms with E-state index in [9.17, 15) is 14.7 Å². The molecule has 36 heavy (non-hydrogen) atoms. The van der Waals surface area contributed by atoms with Crippen molar-refractivity contribution in [2.45, 2.75) is 106 Å². The maximum atomic E-state index is 13.3. The molecule has 1 N–H and O–H groups in total. The van der Waals surface area contributed by atoms with Gasteiger partial charge in [0.05, 0.1) is 5.41 Å². The first-order valence-electron chi connectivity index (χ1n) is 14.7. The van der Waals surface area contributed by atoms with Gasteiger partial charge < -0.3 is 9.84 Å². The fourth-order valence-electron chi connectivity index (χ4n) is 11.6. The number of carbonyl (C=O) groups excluding carboxylic acids is 2. The second-order valence-electron chi connectivity index (χ2n) is 14.8. The monoisotopic (exact) mass is 498 g/mol. The number of ketones is 1. The topological polar surface area (TPSA) is 63.6 Å². The average molecular weight is 499 g/mol. The van der Waals surface area contributed by atoms with Gasteiger partial charge in [0.1, 0.15) is 12.4 Å². The van der Waals surface area contributed by atoms with E-state index in [0.717, 1.165) is 32.1 Å². The zero-order valence-corrected chi connectivity index (χ0v) is 23.8. The van der Waals surface area contributed by atoms with Crippen LogP contribution in [0.1, 0.15) is 106 Å². The van der Waals surface area contributed by atoms with Crippen LogP contribution in [0.2, 0.25) is 0 Å². The minimum atomic E-state index is -0.577. The Kier molecular flexibility index (Phi) is 6.18. The predicted molar refractivity (Wildman–Crippen MR) is 142 cm³/mol. The van der Waals surface area contributed by atoms with Crippen LogP contribution in [0.4, 0.5) is 0 Å². The molecule has 0 aromatic rings. The molecule has 5 fully saturated rings. The number of rotatable bonds is 4. The van der Waals surface area contributed by atoms with Crippen molar-refractivity contribution < 1.29 is 19.4 Å². The lowest BCUT2D eigenvalue weighted by Gasteiger charge is -2.72. The number of hydrogen-bond donors (Lipinski definition) is 1. The zero-order valence-electron chi connectivity index (χ0n) is 23.8. The van der Waals surface area contributed by atoms with E-state index < -0.39 is 5.41 Å². The molecule has 5 saturated carbocycles. The van der Waals surface area contributed by atoms with E-state index in [2.05, 4.69) is 41.2 Å². The van der Waals surface area contributed by atoms with Crippen molar-refractivity contribution in [2.24, 2.45) is 56.7 Å². The summed E-state index contributed by atoms with van der Waals surface area (Å²) in [6.45, 7) is 18.4. The largest absolute Gasteiger partial charge is 0.465 e. The van der Waals surface area contributed by atoms with Crippen LogP contribution in [0, 0.1) is 56.7 Å². The second-order valence-corrected chi connectivity index (χ2v) is 14.8. The smallest absolute Gasteiger partial charge is 0.302 e. The number of ether oxygens (including phenoxy) is 1. The minimum Gasteiger partial charge on any atom is -0.465 e. The summed E-state index contributed by atoms with van der Waals surface area (Å²) in [4.78, 5) is 25.0. The van der Waals surface area contributed by atoms with Crippen molar-refractivity contribution in [2.75, 3.05) is 13.2 Å². The molecular formula is C32H50O4. The number of aliphatic hydroxyl groups is 1. The van der Waals surface area contributed by atoms with E-state index in [1.165, 1.54) is 38.2 Å². The fourth-order valence-corrected chi connectivity index (χ4v) is 11.6. The van der Waals surface area contributed by atoms with Crippen LogP contribution in [0.3, 0.4) is 0 Å². The first-order valence-corrected chi connectivity index (χ1v) is 14.7. The molecule has 10 atom stereocenters. The van der Waals surface area contributed by atoms with Crippen LogP contribution >= 0.6 is 0 Å². The van der Waals surface area contributed by atoms with Crippen LogP contribution in [0.25, 0.3) is 0 Å². The SMILES string of the molecule is C=C(C)[C@@H]1CC[C@]2(CO)CC[C@]3(C)[C@H](CC[C@@H]4[C@@]5(C)CCC(=O)C(C)(COC(C)=O)[C@@H]5CC[C@]43C)[C@@H]12. The summed E-state index contributed by atoms with van der Waals surface area (Å²) < 4.78 is 5.53. The zero-order chi connectivity index (χ0) is 26.3. The molecule has 202 valence electrons. The first-order chi connectivity index (χ1) is 16.8. The summed E-state index contributed by atoms with van der Waals surface area (Å²) in [5.41, 5.74) is 1.35. The van der Waals surface area contributed by atoms with Gasteiger partial charge in [-0.2, -0.15) is 0 Å². The molecule has 4 heteroatoms. The van der Waals surface area contributed by atoms with E-state index >= 15 is 0 Å². The Labute approximate surface area is 219 Å². The third kappa shape index (κ3) is 3.27. The highest BCUT2D eigenvalue weighted by Gasteiger charge is 2.71. The Morgan fingerprint density at radius 3 is 2.31 bits per heavy atom. The van der Waals surface area contributed by atoms with Crippen LogP contribution in [-0.4, -0.2) is 30.1 Å². The lowest BCUT2D eigenvalue weighted by molar-refractivity contribution is -0.240. The van der Waals surface area contributed by atoms with Crippen molar-refractivity contribution in [3.8, 4) is 0 Å². The number of allylic oxidation sites excluding steroid dienone is 1. The van der Waals surface area contributed by atoms with Crippen molar-refractivity contribution >= 4 is 11.8 Å². The van der Waals surface area contributed by atoms with Crippen LogP contribution < -0.4 is 0 Å². The second kappa shape index (κ2) is 8.42. The van der Waals surface area contributed by atoms with Gasteiger partial charge >= 0.3 is 5.97 Å². The summed E-state index contributed by atoms with van der Waals surface area (Å²) in [5, 5.41) is 10.7.